The molecule has 0 aromatic heterocycles. The summed E-state index contributed by atoms with van der Waals surface area (Å²) in [5.74, 6) is -0.614. The fourth-order valence-electron chi connectivity index (χ4n) is 2.43. The molecule has 0 bridgehead atoms. The second kappa shape index (κ2) is 4.13. The summed E-state index contributed by atoms with van der Waals surface area (Å²) in [6.45, 7) is 6.65. The first-order chi connectivity index (χ1) is 7.92. The summed E-state index contributed by atoms with van der Waals surface area (Å²) < 4.78 is 13.7. The summed E-state index contributed by atoms with van der Waals surface area (Å²) in [7, 11) is 0. The number of likely N-dealkylation sites (tertiary alicyclic amines) is 1. The SMILES string of the molecule is Cc1ccc(F)c(C(=O)N2CCCC2(C)C)c1. The van der Waals surface area contributed by atoms with Gasteiger partial charge in [-0.1, -0.05) is 11.6 Å². The van der Waals surface area contributed by atoms with Crippen LogP contribution in [0.15, 0.2) is 18.2 Å². The van der Waals surface area contributed by atoms with Gasteiger partial charge in [-0.05, 0) is 45.7 Å². The van der Waals surface area contributed by atoms with Crippen LogP contribution in [0.3, 0.4) is 0 Å². The van der Waals surface area contributed by atoms with E-state index in [4.69, 9.17) is 0 Å². The molecular formula is C14H18FNO. The molecule has 0 N–H and O–H groups in total. The normalized spacial score (nSPS) is 18.5. The molecule has 1 fully saturated rings. The zero-order valence-electron chi connectivity index (χ0n) is 10.6. The zero-order valence-corrected chi connectivity index (χ0v) is 10.6. The molecule has 0 unspecified atom stereocenters. The number of nitrogens with zero attached hydrogens (tertiary/aromatic N) is 1. The van der Waals surface area contributed by atoms with Gasteiger partial charge in [-0.15, -0.1) is 0 Å². The maximum atomic E-state index is 13.7. The Balaban J connectivity index is 2.34. The maximum absolute atomic E-state index is 13.7. The van der Waals surface area contributed by atoms with Crippen molar-refractivity contribution in [2.24, 2.45) is 0 Å². The van der Waals surface area contributed by atoms with Crippen molar-refractivity contribution in [2.75, 3.05) is 6.54 Å². The minimum Gasteiger partial charge on any atom is -0.333 e. The van der Waals surface area contributed by atoms with Crippen LogP contribution in [0, 0.1) is 12.7 Å². The van der Waals surface area contributed by atoms with Crippen LogP contribution in [0.4, 0.5) is 4.39 Å². The summed E-state index contributed by atoms with van der Waals surface area (Å²) in [6.07, 6.45) is 1.97. The number of hydrogen-bond acceptors (Lipinski definition) is 1. The van der Waals surface area contributed by atoms with Crippen molar-refractivity contribution in [2.45, 2.75) is 39.2 Å². The summed E-state index contributed by atoms with van der Waals surface area (Å²) in [6, 6.07) is 4.68. The summed E-state index contributed by atoms with van der Waals surface area (Å²) in [5, 5.41) is 0. The fourth-order valence-corrected chi connectivity index (χ4v) is 2.43. The number of halogens is 1. The van der Waals surface area contributed by atoms with Crippen LogP contribution < -0.4 is 0 Å². The Kier molecular flexibility index (Phi) is 2.94. The van der Waals surface area contributed by atoms with Gasteiger partial charge in [-0.25, -0.2) is 4.39 Å². The van der Waals surface area contributed by atoms with E-state index in [1.807, 2.05) is 20.8 Å². The highest BCUT2D eigenvalue weighted by Crippen LogP contribution is 2.30. The third-order valence-electron chi connectivity index (χ3n) is 3.50. The minimum atomic E-state index is -0.427. The highest BCUT2D eigenvalue weighted by Gasteiger charge is 2.36. The molecule has 1 aliphatic rings. The number of rotatable bonds is 1. The second-order valence-electron chi connectivity index (χ2n) is 5.36. The van der Waals surface area contributed by atoms with Gasteiger partial charge in [-0.3, -0.25) is 4.79 Å². The van der Waals surface area contributed by atoms with E-state index in [2.05, 4.69) is 0 Å². The largest absolute Gasteiger partial charge is 0.333 e. The van der Waals surface area contributed by atoms with E-state index < -0.39 is 5.82 Å². The van der Waals surface area contributed by atoms with Gasteiger partial charge in [0.1, 0.15) is 5.82 Å². The molecule has 0 saturated carbocycles. The molecule has 17 heavy (non-hydrogen) atoms. The Labute approximate surface area is 101 Å². The highest BCUT2D eigenvalue weighted by molar-refractivity contribution is 5.95. The second-order valence-corrected chi connectivity index (χ2v) is 5.36. The van der Waals surface area contributed by atoms with E-state index in [0.717, 1.165) is 24.9 Å². The predicted molar refractivity (Wildman–Crippen MR) is 65.5 cm³/mol. The lowest BCUT2D eigenvalue weighted by Crippen LogP contribution is -2.43. The van der Waals surface area contributed by atoms with Gasteiger partial charge in [0, 0.05) is 12.1 Å². The smallest absolute Gasteiger partial charge is 0.257 e. The van der Waals surface area contributed by atoms with Crippen molar-refractivity contribution in [3.8, 4) is 0 Å². The Morgan fingerprint density at radius 2 is 2.12 bits per heavy atom. The van der Waals surface area contributed by atoms with Gasteiger partial charge in [0.25, 0.3) is 5.91 Å². The van der Waals surface area contributed by atoms with Gasteiger partial charge in [0.15, 0.2) is 0 Å². The molecule has 0 radical (unpaired) electrons. The van der Waals surface area contributed by atoms with Gasteiger partial charge in [0.2, 0.25) is 0 Å². The van der Waals surface area contributed by atoms with Crippen molar-refractivity contribution in [1.82, 2.24) is 4.90 Å². The van der Waals surface area contributed by atoms with Crippen molar-refractivity contribution >= 4 is 5.91 Å². The van der Waals surface area contributed by atoms with Crippen LogP contribution in [0.1, 0.15) is 42.6 Å². The quantitative estimate of drug-likeness (QED) is 0.732. The Hall–Kier alpha value is -1.38. The average Bonchev–Trinajstić information content (AvgIpc) is 2.61. The average molecular weight is 235 g/mol. The van der Waals surface area contributed by atoms with Crippen molar-refractivity contribution in [3.05, 3.63) is 35.1 Å². The van der Waals surface area contributed by atoms with Crippen LogP contribution in [-0.4, -0.2) is 22.9 Å². The number of carbonyl (C=O) groups excluding carboxylic acids is 1. The molecule has 92 valence electrons. The van der Waals surface area contributed by atoms with E-state index in [1.54, 1.807) is 17.0 Å². The molecule has 3 heteroatoms. The van der Waals surface area contributed by atoms with E-state index in [0.29, 0.717) is 0 Å². The van der Waals surface area contributed by atoms with E-state index in [9.17, 15) is 9.18 Å². The lowest BCUT2D eigenvalue weighted by molar-refractivity contribution is 0.0647. The molecule has 2 nitrogen and oxygen atoms in total. The third kappa shape index (κ3) is 2.19. The molecular weight excluding hydrogens is 217 g/mol. The van der Waals surface area contributed by atoms with E-state index >= 15 is 0 Å². The molecule has 0 spiro atoms. The number of amides is 1. The first-order valence-corrected chi connectivity index (χ1v) is 6.00. The highest BCUT2D eigenvalue weighted by atomic mass is 19.1. The minimum absolute atomic E-state index is 0.159. The molecule has 0 atom stereocenters. The maximum Gasteiger partial charge on any atom is 0.257 e. The third-order valence-corrected chi connectivity index (χ3v) is 3.50. The first kappa shape index (κ1) is 12.1. The fraction of sp³-hybridized carbons (Fsp3) is 0.500. The zero-order chi connectivity index (χ0) is 12.6. The molecule has 1 aliphatic heterocycles. The molecule has 1 saturated heterocycles. The molecule has 2 rings (SSSR count). The number of hydrogen-bond donors (Lipinski definition) is 0. The summed E-state index contributed by atoms with van der Waals surface area (Å²) in [4.78, 5) is 14.1. The van der Waals surface area contributed by atoms with E-state index in [1.165, 1.54) is 6.07 Å². The predicted octanol–water partition coefficient (Wildman–Crippen LogP) is 3.15. The Morgan fingerprint density at radius 3 is 2.71 bits per heavy atom. The van der Waals surface area contributed by atoms with Crippen molar-refractivity contribution in [3.63, 3.8) is 0 Å². The van der Waals surface area contributed by atoms with Gasteiger partial charge >= 0.3 is 0 Å². The molecule has 0 aliphatic carbocycles. The monoisotopic (exact) mass is 235 g/mol. The van der Waals surface area contributed by atoms with Crippen molar-refractivity contribution < 1.29 is 9.18 Å². The number of benzene rings is 1. The topological polar surface area (TPSA) is 20.3 Å². The Bertz CT molecular complexity index is 454. The lowest BCUT2D eigenvalue weighted by Gasteiger charge is -2.31. The molecule has 1 heterocycles. The van der Waals surface area contributed by atoms with Crippen molar-refractivity contribution in [1.29, 1.82) is 0 Å². The van der Waals surface area contributed by atoms with E-state index in [-0.39, 0.29) is 17.0 Å². The van der Waals surface area contributed by atoms with Crippen LogP contribution in [-0.2, 0) is 0 Å². The van der Waals surface area contributed by atoms with Gasteiger partial charge in [-0.2, -0.15) is 0 Å². The number of aryl methyl sites for hydroxylation is 1. The number of carbonyl (C=O) groups is 1. The molecule has 1 aromatic carbocycles. The van der Waals surface area contributed by atoms with Crippen LogP contribution in [0.25, 0.3) is 0 Å². The molecule has 1 amide bonds. The van der Waals surface area contributed by atoms with Gasteiger partial charge < -0.3 is 4.90 Å². The summed E-state index contributed by atoms with van der Waals surface area (Å²) in [5.41, 5.74) is 0.944. The lowest BCUT2D eigenvalue weighted by atomic mass is 10.0. The molecule has 1 aromatic rings. The van der Waals surface area contributed by atoms with Gasteiger partial charge in [0.05, 0.1) is 5.56 Å². The van der Waals surface area contributed by atoms with Crippen LogP contribution >= 0.6 is 0 Å². The summed E-state index contributed by atoms with van der Waals surface area (Å²) >= 11 is 0. The van der Waals surface area contributed by atoms with Crippen LogP contribution in [0.5, 0.6) is 0 Å². The van der Waals surface area contributed by atoms with Crippen LogP contribution in [0.2, 0.25) is 0 Å². The first-order valence-electron chi connectivity index (χ1n) is 6.00. The standard InChI is InChI=1S/C14H18FNO/c1-10-5-6-12(15)11(9-10)13(17)16-8-4-7-14(16,2)3/h5-6,9H,4,7-8H2,1-3H3. The Morgan fingerprint density at radius 1 is 1.41 bits per heavy atom.